The van der Waals surface area contributed by atoms with Crippen LogP contribution in [-0.2, 0) is 0 Å². The fourth-order valence-corrected chi connectivity index (χ4v) is 3.14. The number of para-hydroxylation sites is 2. The monoisotopic (exact) mass is 344 g/mol. The maximum Gasteiger partial charge on any atom is 0.254 e. The molecule has 2 aromatic rings. The first-order chi connectivity index (χ1) is 11.7. The van der Waals surface area contributed by atoms with Crippen LogP contribution >= 0.6 is 11.6 Å². The van der Waals surface area contributed by atoms with Crippen LogP contribution in [-0.4, -0.2) is 43.6 Å². The molecule has 0 unspecified atom stereocenters. The van der Waals surface area contributed by atoms with Gasteiger partial charge in [0.15, 0.2) is 0 Å². The molecule has 0 atom stereocenters. The van der Waals surface area contributed by atoms with Crippen molar-refractivity contribution in [2.45, 2.75) is 6.92 Å². The number of rotatable bonds is 4. The number of halogens is 1. The van der Waals surface area contributed by atoms with Gasteiger partial charge >= 0.3 is 0 Å². The molecule has 0 N–H and O–H groups in total. The van der Waals surface area contributed by atoms with E-state index >= 15 is 0 Å². The molecular formula is C19H21ClN2O2. The van der Waals surface area contributed by atoms with E-state index in [-0.39, 0.29) is 5.91 Å². The lowest BCUT2D eigenvalue weighted by Gasteiger charge is -2.36. The summed E-state index contributed by atoms with van der Waals surface area (Å²) in [5, 5.41) is 0.588. The SMILES string of the molecule is CCOc1ccccc1N1CCN(C(=O)c2cccc(Cl)c2)CC1. The summed E-state index contributed by atoms with van der Waals surface area (Å²) in [4.78, 5) is 16.7. The van der Waals surface area contributed by atoms with Crippen molar-refractivity contribution in [1.29, 1.82) is 0 Å². The van der Waals surface area contributed by atoms with Crippen LogP contribution in [0, 0.1) is 0 Å². The Bertz CT molecular complexity index is 712. The Morgan fingerprint density at radius 1 is 1.08 bits per heavy atom. The molecule has 0 aliphatic carbocycles. The molecule has 1 fully saturated rings. The summed E-state index contributed by atoms with van der Waals surface area (Å²) in [7, 11) is 0. The summed E-state index contributed by atoms with van der Waals surface area (Å²) in [6.45, 7) is 5.58. The molecule has 0 spiro atoms. The molecule has 24 heavy (non-hydrogen) atoms. The number of piperazine rings is 1. The van der Waals surface area contributed by atoms with Gasteiger partial charge in [0.05, 0.1) is 12.3 Å². The molecule has 1 saturated heterocycles. The van der Waals surface area contributed by atoms with E-state index in [1.807, 2.05) is 42.2 Å². The molecule has 1 aliphatic rings. The van der Waals surface area contributed by atoms with Crippen LogP contribution in [0.1, 0.15) is 17.3 Å². The van der Waals surface area contributed by atoms with E-state index < -0.39 is 0 Å². The molecule has 1 aliphatic heterocycles. The van der Waals surface area contributed by atoms with Crippen molar-refractivity contribution >= 4 is 23.2 Å². The molecule has 2 aromatic carbocycles. The van der Waals surface area contributed by atoms with Crippen LogP contribution < -0.4 is 9.64 Å². The van der Waals surface area contributed by atoms with Crippen LogP contribution in [0.3, 0.4) is 0 Å². The number of carbonyl (C=O) groups excluding carboxylic acids is 1. The van der Waals surface area contributed by atoms with Gasteiger partial charge in [-0.25, -0.2) is 0 Å². The average Bonchev–Trinajstić information content (AvgIpc) is 2.62. The van der Waals surface area contributed by atoms with Crippen molar-refractivity contribution in [2.75, 3.05) is 37.7 Å². The van der Waals surface area contributed by atoms with Crippen LogP contribution in [0.15, 0.2) is 48.5 Å². The molecule has 0 radical (unpaired) electrons. The third-order valence-corrected chi connectivity index (χ3v) is 4.38. The molecule has 126 valence electrons. The third-order valence-electron chi connectivity index (χ3n) is 4.14. The topological polar surface area (TPSA) is 32.8 Å². The van der Waals surface area contributed by atoms with E-state index in [0.717, 1.165) is 24.5 Å². The molecular weight excluding hydrogens is 324 g/mol. The van der Waals surface area contributed by atoms with Crippen LogP contribution in [0.2, 0.25) is 5.02 Å². The highest BCUT2D eigenvalue weighted by atomic mass is 35.5. The number of carbonyl (C=O) groups is 1. The standard InChI is InChI=1S/C19H21ClN2O2/c1-2-24-18-9-4-3-8-17(18)21-10-12-22(13-11-21)19(23)15-6-5-7-16(20)14-15/h3-9,14H,2,10-13H2,1H3. The minimum absolute atomic E-state index is 0.0373. The second kappa shape index (κ2) is 7.58. The van der Waals surface area contributed by atoms with Crippen molar-refractivity contribution in [3.63, 3.8) is 0 Å². The van der Waals surface area contributed by atoms with Gasteiger partial charge in [0.2, 0.25) is 0 Å². The molecule has 1 heterocycles. The maximum absolute atomic E-state index is 12.6. The summed E-state index contributed by atoms with van der Waals surface area (Å²) in [5.41, 5.74) is 1.74. The number of anilines is 1. The average molecular weight is 345 g/mol. The largest absolute Gasteiger partial charge is 0.492 e. The Hall–Kier alpha value is -2.20. The third kappa shape index (κ3) is 3.65. The van der Waals surface area contributed by atoms with Gasteiger partial charge in [-0.3, -0.25) is 4.79 Å². The Balaban J connectivity index is 1.67. The van der Waals surface area contributed by atoms with Gasteiger partial charge in [-0.2, -0.15) is 0 Å². The second-order valence-electron chi connectivity index (χ2n) is 5.69. The summed E-state index contributed by atoms with van der Waals surface area (Å²) in [6, 6.07) is 15.2. The van der Waals surface area contributed by atoms with Gasteiger partial charge in [0, 0.05) is 36.8 Å². The smallest absolute Gasteiger partial charge is 0.254 e. The van der Waals surface area contributed by atoms with Crippen molar-refractivity contribution in [2.24, 2.45) is 0 Å². The zero-order valence-electron chi connectivity index (χ0n) is 13.7. The first kappa shape index (κ1) is 16.7. The van der Waals surface area contributed by atoms with Crippen LogP contribution in [0.4, 0.5) is 5.69 Å². The second-order valence-corrected chi connectivity index (χ2v) is 6.13. The van der Waals surface area contributed by atoms with Gasteiger partial charge in [0.25, 0.3) is 5.91 Å². The van der Waals surface area contributed by atoms with E-state index in [1.165, 1.54) is 0 Å². The predicted octanol–water partition coefficient (Wildman–Crippen LogP) is 3.70. The number of amides is 1. The molecule has 0 saturated carbocycles. The highest BCUT2D eigenvalue weighted by molar-refractivity contribution is 6.30. The highest BCUT2D eigenvalue weighted by Gasteiger charge is 2.23. The summed E-state index contributed by atoms with van der Waals surface area (Å²) in [5.74, 6) is 0.935. The van der Waals surface area contributed by atoms with Crippen molar-refractivity contribution in [3.05, 3.63) is 59.1 Å². The summed E-state index contributed by atoms with van der Waals surface area (Å²) < 4.78 is 5.71. The number of nitrogens with zero attached hydrogens (tertiary/aromatic N) is 2. The van der Waals surface area contributed by atoms with E-state index in [9.17, 15) is 4.79 Å². The summed E-state index contributed by atoms with van der Waals surface area (Å²) >= 11 is 5.99. The Kier molecular flexibility index (Phi) is 5.26. The van der Waals surface area contributed by atoms with Gasteiger partial charge in [-0.1, -0.05) is 29.8 Å². The lowest BCUT2D eigenvalue weighted by molar-refractivity contribution is 0.0746. The van der Waals surface area contributed by atoms with E-state index in [1.54, 1.807) is 12.1 Å². The molecule has 5 heteroatoms. The van der Waals surface area contributed by atoms with Crippen molar-refractivity contribution < 1.29 is 9.53 Å². The number of hydrogen-bond acceptors (Lipinski definition) is 3. The lowest BCUT2D eigenvalue weighted by atomic mass is 10.1. The maximum atomic E-state index is 12.6. The number of hydrogen-bond donors (Lipinski definition) is 0. The Morgan fingerprint density at radius 2 is 1.83 bits per heavy atom. The normalized spacial score (nSPS) is 14.6. The Labute approximate surface area is 147 Å². The van der Waals surface area contributed by atoms with E-state index in [2.05, 4.69) is 11.0 Å². The van der Waals surface area contributed by atoms with E-state index in [0.29, 0.717) is 30.3 Å². The van der Waals surface area contributed by atoms with Gasteiger partial charge in [-0.05, 0) is 37.3 Å². The zero-order chi connectivity index (χ0) is 16.9. The molecule has 4 nitrogen and oxygen atoms in total. The number of ether oxygens (including phenoxy) is 1. The van der Waals surface area contributed by atoms with Gasteiger partial charge < -0.3 is 14.5 Å². The summed E-state index contributed by atoms with van der Waals surface area (Å²) in [6.07, 6.45) is 0. The first-order valence-electron chi connectivity index (χ1n) is 8.20. The van der Waals surface area contributed by atoms with Crippen LogP contribution in [0.5, 0.6) is 5.75 Å². The number of benzene rings is 2. The molecule has 0 bridgehead atoms. The van der Waals surface area contributed by atoms with Gasteiger partial charge in [0.1, 0.15) is 5.75 Å². The minimum atomic E-state index is 0.0373. The minimum Gasteiger partial charge on any atom is -0.492 e. The lowest BCUT2D eigenvalue weighted by Crippen LogP contribution is -2.48. The predicted molar refractivity (Wildman–Crippen MR) is 97.2 cm³/mol. The van der Waals surface area contributed by atoms with Gasteiger partial charge in [-0.15, -0.1) is 0 Å². The van der Waals surface area contributed by atoms with Crippen LogP contribution in [0.25, 0.3) is 0 Å². The van der Waals surface area contributed by atoms with E-state index in [4.69, 9.17) is 16.3 Å². The molecule has 0 aromatic heterocycles. The molecule has 3 rings (SSSR count). The zero-order valence-corrected chi connectivity index (χ0v) is 14.5. The van der Waals surface area contributed by atoms with Crippen molar-refractivity contribution in [1.82, 2.24) is 4.90 Å². The Morgan fingerprint density at radius 3 is 2.54 bits per heavy atom. The fourth-order valence-electron chi connectivity index (χ4n) is 2.95. The highest BCUT2D eigenvalue weighted by Crippen LogP contribution is 2.29. The fraction of sp³-hybridized carbons (Fsp3) is 0.316. The first-order valence-corrected chi connectivity index (χ1v) is 8.58. The molecule has 1 amide bonds. The quantitative estimate of drug-likeness (QED) is 0.847. The van der Waals surface area contributed by atoms with Crippen molar-refractivity contribution in [3.8, 4) is 5.75 Å².